The average molecular weight is 433 g/mol. The Morgan fingerprint density at radius 3 is 2.91 bits per heavy atom. The summed E-state index contributed by atoms with van der Waals surface area (Å²) in [6.07, 6.45) is 6.14. The monoisotopic (exact) mass is 432 g/mol. The molecule has 3 aromatic rings. The number of ether oxygens (including phenoxy) is 2. The number of methoxy groups -OCH3 is 1. The summed E-state index contributed by atoms with van der Waals surface area (Å²) >= 11 is 0. The molecule has 6 nitrogen and oxygen atoms in total. The van der Waals surface area contributed by atoms with Gasteiger partial charge in [-0.25, -0.2) is 0 Å². The van der Waals surface area contributed by atoms with E-state index in [9.17, 15) is 9.90 Å². The zero-order chi connectivity index (χ0) is 22.4. The van der Waals surface area contributed by atoms with E-state index in [4.69, 9.17) is 9.47 Å². The molecule has 0 amide bonds. The third-order valence-corrected chi connectivity index (χ3v) is 6.55. The molecule has 0 radical (unpaired) electrons. The molecule has 2 aliphatic heterocycles. The Morgan fingerprint density at radius 1 is 1.28 bits per heavy atom. The summed E-state index contributed by atoms with van der Waals surface area (Å²) in [5.41, 5.74) is 3.12. The first-order valence-electron chi connectivity index (χ1n) is 11.1. The number of aryl methyl sites for hydroxylation is 1. The largest absolute Gasteiger partial charge is 0.507 e. The van der Waals surface area contributed by atoms with Gasteiger partial charge in [0.1, 0.15) is 17.2 Å². The third kappa shape index (κ3) is 3.54. The van der Waals surface area contributed by atoms with Gasteiger partial charge in [0.2, 0.25) is 5.78 Å². The van der Waals surface area contributed by atoms with E-state index in [1.165, 1.54) is 6.42 Å². The van der Waals surface area contributed by atoms with Crippen LogP contribution >= 0.6 is 0 Å². The first kappa shape index (κ1) is 20.6. The Hall–Kier alpha value is -3.25. The average Bonchev–Trinajstić information content (AvgIpc) is 3.26. The molecule has 6 heteroatoms. The zero-order valence-corrected chi connectivity index (χ0v) is 18.7. The fraction of sp³-hybridized carbons (Fsp3) is 0.346. The van der Waals surface area contributed by atoms with Crippen LogP contribution in [0.4, 0.5) is 0 Å². The topological polar surface area (TPSA) is 63.9 Å². The highest BCUT2D eigenvalue weighted by Gasteiger charge is 2.32. The van der Waals surface area contributed by atoms with Crippen molar-refractivity contribution in [2.45, 2.75) is 26.3 Å². The molecule has 1 N–H and O–H groups in total. The minimum Gasteiger partial charge on any atom is -0.507 e. The highest BCUT2D eigenvalue weighted by Crippen LogP contribution is 2.41. The Bertz CT molecular complexity index is 1240. The van der Waals surface area contributed by atoms with Crippen molar-refractivity contribution in [2.24, 2.45) is 13.0 Å². The number of phenols is 1. The van der Waals surface area contributed by atoms with Crippen LogP contribution in [0.1, 0.15) is 41.3 Å². The number of phenolic OH excluding ortho intramolecular Hbond substituents is 1. The van der Waals surface area contributed by atoms with E-state index in [0.29, 0.717) is 29.3 Å². The summed E-state index contributed by atoms with van der Waals surface area (Å²) in [5, 5.41) is 11.6. The lowest BCUT2D eigenvalue weighted by Gasteiger charge is -2.31. The van der Waals surface area contributed by atoms with Gasteiger partial charge < -0.3 is 19.1 Å². The summed E-state index contributed by atoms with van der Waals surface area (Å²) in [4.78, 5) is 15.5. The molecule has 0 bridgehead atoms. The molecular formula is C26H28N2O4. The molecule has 0 unspecified atom stereocenters. The lowest BCUT2D eigenvalue weighted by Crippen LogP contribution is -2.33. The van der Waals surface area contributed by atoms with Gasteiger partial charge in [-0.15, -0.1) is 0 Å². The van der Waals surface area contributed by atoms with E-state index in [1.807, 2.05) is 36.0 Å². The minimum absolute atomic E-state index is 0.159. The molecule has 0 saturated carbocycles. The quantitative estimate of drug-likeness (QED) is 0.604. The molecule has 3 heterocycles. The third-order valence-electron chi connectivity index (χ3n) is 6.55. The maximum absolute atomic E-state index is 13.2. The molecular weight excluding hydrogens is 404 g/mol. The normalized spacial score (nSPS) is 20.0. The predicted molar refractivity (Wildman–Crippen MR) is 124 cm³/mol. The van der Waals surface area contributed by atoms with Crippen LogP contribution in [-0.4, -0.2) is 40.6 Å². The zero-order valence-electron chi connectivity index (χ0n) is 18.7. The summed E-state index contributed by atoms with van der Waals surface area (Å²) in [5.74, 6) is 2.16. The van der Waals surface area contributed by atoms with Crippen LogP contribution in [0.25, 0.3) is 17.0 Å². The van der Waals surface area contributed by atoms with Gasteiger partial charge in [0.05, 0.1) is 18.2 Å². The Balaban J connectivity index is 1.51. The molecule has 5 rings (SSSR count). The fourth-order valence-corrected chi connectivity index (χ4v) is 4.89. The summed E-state index contributed by atoms with van der Waals surface area (Å²) in [7, 11) is 3.61. The number of carbonyl (C=O) groups excluding carboxylic acids is 1. The lowest BCUT2D eigenvalue weighted by atomic mass is 9.99. The van der Waals surface area contributed by atoms with E-state index in [0.717, 1.165) is 41.7 Å². The van der Waals surface area contributed by atoms with Gasteiger partial charge in [-0.1, -0.05) is 6.92 Å². The molecule has 32 heavy (non-hydrogen) atoms. The standard InChI is InChI=1S/C26H28N2O4/c1-16-5-4-10-28(13-16)15-21-23(29)9-7-19-25(30)24(32-26(19)21)11-17-14-27(2)22-8-6-18(31-3)12-20(17)22/h6-9,11-12,14,16,29H,4-5,10,13,15H2,1-3H3/b24-11+/t16-/m1/s1. The molecule has 166 valence electrons. The second-order valence-corrected chi connectivity index (χ2v) is 8.94. The first-order valence-corrected chi connectivity index (χ1v) is 11.1. The van der Waals surface area contributed by atoms with Crippen LogP contribution in [0, 0.1) is 5.92 Å². The summed E-state index contributed by atoms with van der Waals surface area (Å²) < 4.78 is 13.5. The van der Waals surface area contributed by atoms with Crippen LogP contribution in [0.5, 0.6) is 17.2 Å². The highest BCUT2D eigenvalue weighted by atomic mass is 16.5. The molecule has 1 atom stereocenters. The number of Topliss-reactive ketones (excluding diaryl/α,β-unsaturated/α-hetero) is 1. The van der Waals surface area contributed by atoms with Gasteiger partial charge in [-0.2, -0.15) is 0 Å². The van der Waals surface area contributed by atoms with Crippen LogP contribution in [0.3, 0.4) is 0 Å². The van der Waals surface area contributed by atoms with Crippen LogP contribution in [-0.2, 0) is 13.6 Å². The number of piperidine rings is 1. The number of fused-ring (bicyclic) bond motifs is 2. The van der Waals surface area contributed by atoms with Gasteiger partial charge in [-0.3, -0.25) is 9.69 Å². The Labute approximate surface area is 187 Å². The summed E-state index contributed by atoms with van der Waals surface area (Å²) in [6, 6.07) is 9.14. The second kappa shape index (κ2) is 8.02. The Morgan fingerprint density at radius 2 is 2.12 bits per heavy atom. The van der Waals surface area contributed by atoms with Gasteiger partial charge in [-0.05, 0) is 61.7 Å². The van der Waals surface area contributed by atoms with Crippen molar-refractivity contribution in [2.75, 3.05) is 20.2 Å². The molecule has 0 aliphatic carbocycles. The van der Waals surface area contributed by atoms with Gasteiger partial charge in [0.25, 0.3) is 0 Å². The molecule has 2 aromatic carbocycles. The number of hydrogen-bond donors (Lipinski definition) is 1. The smallest absolute Gasteiger partial charge is 0.231 e. The van der Waals surface area contributed by atoms with Crippen molar-refractivity contribution in [1.82, 2.24) is 9.47 Å². The van der Waals surface area contributed by atoms with Crippen molar-refractivity contribution in [3.8, 4) is 17.2 Å². The SMILES string of the molecule is COc1ccc2c(c1)c(/C=C1/Oc3c(ccc(O)c3CN3CCC[C@@H](C)C3)C1=O)cn2C. The fourth-order valence-electron chi connectivity index (χ4n) is 4.89. The number of carbonyl (C=O) groups is 1. The number of ketones is 1. The van der Waals surface area contributed by atoms with E-state index < -0.39 is 0 Å². The van der Waals surface area contributed by atoms with E-state index in [-0.39, 0.29) is 17.3 Å². The van der Waals surface area contributed by atoms with Gasteiger partial charge in [0.15, 0.2) is 5.76 Å². The number of hydrogen-bond acceptors (Lipinski definition) is 5. The van der Waals surface area contributed by atoms with Crippen molar-refractivity contribution < 1.29 is 19.4 Å². The van der Waals surface area contributed by atoms with Crippen molar-refractivity contribution in [1.29, 1.82) is 0 Å². The molecule has 2 aliphatic rings. The van der Waals surface area contributed by atoms with Gasteiger partial charge >= 0.3 is 0 Å². The number of rotatable bonds is 4. The lowest BCUT2D eigenvalue weighted by molar-refractivity contribution is 0.101. The van der Waals surface area contributed by atoms with Crippen molar-refractivity contribution in [3.05, 3.63) is 59.0 Å². The maximum Gasteiger partial charge on any atom is 0.231 e. The molecule has 1 saturated heterocycles. The number of allylic oxidation sites excluding steroid dienone is 1. The van der Waals surface area contributed by atoms with Crippen LogP contribution in [0.15, 0.2) is 42.3 Å². The van der Waals surface area contributed by atoms with Gasteiger partial charge in [0, 0.05) is 42.8 Å². The summed E-state index contributed by atoms with van der Waals surface area (Å²) in [6.45, 7) is 4.80. The van der Waals surface area contributed by atoms with Crippen LogP contribution < -0.4 is 9.47 Å². The maximum atomic E-state index is 13.2. The minimum atomic E-state index is -0.159. The van der Waals surface area contributed by atoms with Crippen molar-refractivity contribution >= 4 is 22.8 Å². The Kier molecular flexibility index (Phi) is 5.18. The molecule has 1 fully saturated rings. The molecule has 1 aromatic heterocycles. The van der Waals surface area contributed by atoms with Crippen LogP contribution in [0.2, 0.25) is 0 Å². The second-order valence-electron chi connectivity index (χ2n) is 8.94. The highest BCUT2D eigenvalue weighted by molar-refractivity contribution is 6.15. The first-order chi connectivity index (χ1) is 15.4. The number of aromatic nitrogens is 1. The van der Waals surface area contributed by atoms with Crippen molar-refractivity contribution in [3.63, 3.8) is 0 Å². The number of nitrogens with zero attached hydrogens (tertiary/aromatic N) is 2. The predicted octanol–water partition coefficient (Wildman–Crippen LogP) is 4.74. The number of aromatic hydroxyl groups is 1. The molecule has 0 spiro atoms. The van der Waals surface area contributed by atoms with E-state index in [2.05, 4.69) is 11.8 Å². The van der Waals surface area contributed by atoms with E-state index in [1.54, 1.807) is 25.3 Å². The van der Waals surface area contributed by atoms with E-state index >= 15 is 0 Å². The number of likely N-dealkylation sites (tertiary alicyclic amines) is 1. The number of benzene rings is 2.